The summed E-state index contributed by atoms with van der Waals surface area (Å²) >= 11 is -0.0782. The van der Waals surface area contributed by atoms with Crippen molar-refractivity contribution < 1.29 is 4.79 Å². The molecule has 0 spiro atoms. The molecule has 1 fully saturated rings. The van der Waals surface area contributed by atoms with E-state index in [0.717, 1.165) is 36.3 Å². The first kappa shape index (κ1) is 11.8. The van der Waals surface area contributed by atoms with Crippen LogP contribution in [-0.2, 0) is 4.79 Å². The predicted octanol–water partition coefficient (Wildman–Crippen LogP) is 2.10. The van der Waals surface area contributed by atoms with Crippen LogP contribution in [0.25, 0.3) is 0 Å². The fraction of sp³-hybridized carbons (Fsp3) is 0.417. The van der Waals surface area contributed by atoms with Gasteiger partial charge < -0.3 is 0 Å². The molecule has 1 aliphatic carbocycles. The van der Waals surface area contributed by atoms with Gasteiger partial charge >= 0.3 is 111 Å². The molecule has 1 aromatic rings. The second-order valence-electron chi connectivity index (χ2n) is 4.73. The van der Waals surface area contributed by atoms with E-state index in [1.165, 1.54) is 0 Å². The Bertz CT molecular complexity index is 568. The third-order valence-corrected chi connectivity index (χ3v) is 4.86. The van der Waals surface area contributed by atoms with Crippen molar-refractivity contribution >= 4 is 37.5 Å². The number of carbonyl (C=O) groups is 1. The Morgan fingerprint density at radius 1 is 1.44 bits per heavy atom. The second kappa shape index (κ2) is 4.46. The van der Waals surface area contributed by atoms with Crippen molar-refractivity contribution in [2.45, 2.75) is 19.3 Å². The zero-order valence-corrected chi connectivity index (χ0v) is 11.6. The maximum atomic E-state index is 12.3. The number of hydrogen-bond donors (Lipinski definition) is 2. The van der Waals surface area contributed by atoms with Gasteiger partial charge in [0.1, 0.15) is 0 Å². The number of nitrogens with zero attached hydrogens (tertiary/aromatic N) is 2. The summed E-state index contributed by atoms with van der Waals surface area (Å²) in [6.07, 6.45) is 2.85. The zero-order chi connectivity index (χ0) is 12.6. The molecule has 0 unspecified atom stereocenters. The average Bonchev–Trinajstić information content (AvgIpc) is 2.77. The van der Waals surface area contributed by atoms with Crippen LogP contribution in [0.4, 0.5) is 17.1 Å². The number of rotatable bonds is 3. The van der Waals surface area contributed by atoms with Gasteiger partial charge in [-0.25, -0.2) is 0 Å². The second-order valence-corrected chi connectivity index (χ2v) is 5.84. The number of benzene rings is 1. The van der Waals surface area contributed by atoms with Crippen LogP contribution in [0.2, 0.25) is 0 Å². The topological polar surface area (TPSA) is 79.8 Å². The van der Waals surface area contributed by atoms with Gasteiger partial charge in [0.25, 0.3) is 0 Å². The Morgan fingerprint density at radius 2 is 2.28 bits per heavy atom. The van der Waals surface area contributed by atoms with E-state index < -0.39 is 0 Å². The van der Waals surface area contributed by atoms with E-state index in [9.17, 15) is 4.79 Å². The molecule has 5 nitrogen and oxygen atoms in total. The van der Waals surface area contributed by atoms with Crippen molar-refractivity contribution in [1.82, 2.24) is 0 Å². The molecule has 0 radical (unpaired) electrons. The van der Waals surface area contributed by atoms with E-state index in [0.29, 0.717) is 6.54 Å². The Labute approximate surface area is 111 Å². The first-order chi connectivity index (χ1) is 8.75. The summed E-state index contributed by atoms with van der Waals surface area (Å²) < 4.78 is 8.66. The standard InChI is InChI=1S/C12H14N4OSe/c13-7-12(5-2-6-12)11(17)14-8-3-1-4-9-10(8)16-18-15-9/h1,3-4H,2,5-7,13H2,(H,14,17). The maximum absolute atomic E-state index is 12.3. The molecule has 3 rings (SSSR count). The van der Waals surface area contributed by atoms with Crippen LogP contribution in [0.15, 0.2) is 26.1 Å². The zero-order valence-electron chi connectivity index (χ0n) is 9.85. The normalized spacial score (nSPS) is 18.7. The number of carbonyl (C=O) groups excluding carboxylic acids is 1. The Morgan fingerprint density at radius 3 is 2.94 bits per heavy atom. The third-order valence-electron chi connectivity index (χ3n) is 3.72. The van der Waals surface area contributed by atoms with Gasteiger partial charge in [-0.3, -0.25) is 0 Å². The molecule has 1 saturated carbocycles. The first-order valence-corrected chi connectivity index (χ1v) is 7.51. The van der Waals surface area contributed by atoms with Gasteiger partial charge in [-0.15, -0.1) is 0 Å². The molecule has 0 saturated heterocycles. The summed E-state index contributed by atoms with van der Waals surface area (Å²) in [5.41, 5.74) is 7.84. The van der Waals surface area contributed by atoms with Crippen LogP contribution in [0.1, 0.15) is 19.3 Å². The number of nitrogens with one attached hydrogen (secondary N) is 1. The SMILES string of the molecule is NCC1(C(=O)Nc2cccc3c2N=[Se]=N3)CCC1. The number of fused-ring (bicyclic) bond motifs is 1. The van der Waals surface area contributed by atoms with Gasteiger partial charge in [-0.2, -0.15) is 0 Å². The van der Waals surface area contributed by atoms with Crippen molar-refractivity contribution in [3.8, 4) is 0 Å². The van der Waals surface area contributed by atoms with E-state index in [2.05, 4.69) is 13.2 Å². The molecule has 18 heavy (non-hydrogen) atoms. The average molecular weight is 309 g/mol. The van der Waals surface area contributed by atoms with Gasteiger partial charge in [0, 0.05) is 0 Å². The molecule has 94 valence electrons. The fourth-order valence-corrected chi connectivity index (χ4v) is 3.44. The quantitative estimate of drug-likeness (QED) is 0.852. The van der Waals surface area contributed by atoms with Gasteiger partial charge in [-0.05, 0) is 0 Å². The molecule has 1 amide bonds. The number of nitrogens with two attached hydrogens (primary N) is 1. The molecular formula is C12H14N4OSe. The monoisotopic (exact) mass is 310 g/mol. The number of hydrogen-bond acceptors (Lipinski definition) is 4. The van der Waals surface area contributed by atoms with Crippen LogP contribution in [0.3, 0.4) is 0 Å². The minimum absolute atomic E-state index is 0.0271. The minimum atomic E-state index is -0.358. The molecule has 0 atom stereocenters. The molecule has 0 bridgehead atoms. The van der Waals surface area contributed by atoms with Crippen molar-refractivity contribution in [3.63, 3.8) is 0 Å². The van der Waals surface area contributed by atoms with Crippen LogP contribution < -0.4 is 11.1 Å². The molecular weight excluding hydrogens is 295 g/mol. The molecule has 1 aromatic carbocycles. The summed E-state index contributed by atoms with van der Waals surface area (Å²) in [4.78, 5) is 12.3. The van der Waals surface area contributed by atoms with Crippen molar-refractivity contribution in [2.24, 2.45) is 19.1 Å². The van der Waals surface area contributed by atoms with E-state index in [1.54, 1.807) is 0 Å². The van der Waals surface area contributed by atoms with Crippen LogP contribution in [-0.4, -0.2) is 27.0 Å². The van der Waals surface area contributed by atoms with Gasteiger partial charge in [0.05, 0.1) is 0 Å². The van der Waals surface area contributed by atoms with E-state index in [-0.39, 0.29) is 25.9 Å². The first-order valence-electron chi connectivity index (χ1n) is 5.98. The summed E-state index contributed by atoms with van der Waals surface area (Å²) in [5.74, 6) is 0.0271. The number of anilines is 1. The summed E-state index contributed by atoms with van der Waals surface area (Å²) in [7, 11) is 0. The Balaban J connectivity index is 1.84. The molecule has 6 heteroatoms. The molecule has 2 aliphatic rings. The van der Waals surface area contributed by atoms with Crippen molar-refractivity contribution in [2.75, 3.05) is 11.9 Å². The molecule has 0 aromatic heterocycles. The summed E-state index contributed by atoms with van der Waals surface area (Å²) in [6, 6.07) is 5.69. The fourth-order valence-electron chi connectivity index (χ4n) is 2.29. The molecule has 3 N–H and O–H groups in total. The predicted molar refractivity (Wildman–Crippen MR) is 70.3 cm³/mol. The Kier molecular flexibility index (Phi) is 2.93. The van der Waals surface area contributed by atoms with Gasteiger partial charge in [0.15, 0.2) is 0 Å². The van der Waals surface area contributed by atoms with Gasteiger partial charge in [-0.1, -0.05) is 0 Å². The number of amides is 1. The van der Waals surface area contributed by atoms with Crippen LogP contribution in [0.5, 0.6) is 0 Å². The van der Waals surface area contributed by atoms with E-state index in [1.807, 2.05) is 18.2 Å². The van der Waals surface area contributed by atoms with E-state index >= 15 is 0 Å². The third kappa shape index (κ3) is 1.77. The molecule has 1 heterocycles. The summed E-state index contributed by atoms with van der Waals surface area (Å²) in [5, 5.41) is 2.97. The van der Waals surface area contributed by atoms with Crippen molar-refractivity contribution in [1.29, 1.82) is 0 Å². The molecule has 1 aliphatic heterocycles. The van der Waals surface area contributed by atoms with Crippen LogP contribution >= 0.6 is 0 Å². The van der Waals surface area contributed by atoms with E-state index in [4.69, 9.17) is 5.73 Å². The summed E-state index contributed by atoms with van der Waals surface area (Å²) in [6.45, 7) is 0.416. The van der Waals surface area contributed by atoms with Gasteiger partial charge in [0.2, 0.25) is 0 Å². The van der Waals surface area contributed by atoms with Crippen LogP contribution in [0, 0.1) is 5.41 Å². The Hall–Kier alpha value is -1.23. The van der Waals surface area contributed by atoms with Crippen molar-refractivity contribution in [3.05, 3.63) is 18.2 Å².